The van der Waals surface area contributed by atoms with Crippen LogP contribution in [0.1, 0.15) is 27.6 Å². The standard InChI is InChI=1S/C21H16ClNO4/c1-14(19(24)15-9-11-16(22)12-10-15)26-21(25)18-8-5-13-23-20(18)27-17-6-3-2-4-7-17/h2-14H,1H3. The highest BCUT2D eigenvalue weighted by Crippen LogP contribution is 2.24. The number of Topliss-reactive ketones (excluding diaryl/α,β-unsaturated/α-hetero) is 1. The lowest BCUT2D eigenvalue weighted by atomic mass is 10.1. The molecule has 0 saturated carbocycles. The third kappa shape index (κ3) is 4.71. The van der Waals surface area contributed by atoms with Gasteiger partial charge in [0.1, 0.15) is 11.3 Å². The molecule has 27 heavy (non-hydrogen) atoms. The van der Waals surface area contributed by atoms with E-state index in [4.69, 9.17) is 21.1 Å². The number of para-hydroxylation sites is 1. The van der Waals surface area contributed by atoms with Crippen LogP contribution in [-0.4, -0.2) is 22.8 Å². The molecule has 1 unspecified atom stereocenters. The number of pyridine rings is 1. The number of ether oxygens (including phenoxy) is 2. The summed E-state index contributed by atoms with van der Waals surface area (Å²) in [6, 6.07) is 18.5. The summed E-state index contributed by atoms with van der Waals surface area (Å²) >= 11 is 5.83. The van der Waals surface area contributed by atoms with Crippen LogP contribution in [0.3, 0.4) is 0 Å². The van der Waals surface area contributed by atoms with Crippen LogP contribution in [0.4, 0.5) is 0 Å². The maximum Gasteiger partial charge on any atom is 0.344 e. The van der Waals surface area contributed by atoms with Crippen LogP contribution in [0.2, 0.25) is 5.02 Å². The first-order valence-electron chi connectivity index (χ1n) is 8.23. The molecule has 6 heteroatoms. The van der Waals surface area contributed by atoms with Gasteiger partial charge in [-0.2, -0.15) is 0 Å². The highest BCUT2D eigenvalue weighted by atomic mass is 35.5. The molecule has 2 aromatic carbocycles. The van der Waals surface area contributed by atoms with Gasteiger partial charge >= 0.3 is 5.97 Å². The van der Waals surface area contributed by atoms with Gasteiger partial charge in [0.15, 0.2) is 6.10 Å². The molecule has 0 radical (unpaired) electrons. The predicted molar refractivity (Wildman–Crippen MR) is 101 cm³/mol. The Labute approximate surface area is 161 Å². The van der Waals surface area contributed by atoms with Crippen molar-refractivity contribution in [3.63, 3.8) is 0 Å². The van der Waals surface area contributed by atoms with Crippen molar-refractivity contribution in [2.45, 2.75) is 13.0 Å². The van der Waals surface area contributed by atoms with Gasteiger partial charge in [0.05, 0.1) is 0 Å². The lowest BCUT2D eigenvalue weighted by molar-refractivity contribution is 0.0316. The third-order valence-corrected chi connectivity index (χ3v) is 3.98. The molecule has 3 rings (SSSR count). The van der Waals surface area contributed by atoms with Crippen molar-refractivity contribution in [2.24, 2.45) is 0 Å². The van der Waals surface area contributed by atoms with Crippen molar-refractivity contribution in [3.05, 3.63) is 89.1 Å². The summed E-state index contributed by atoms with van der Waals surface area (Å²) in [5.41, 5.74) is 0.545. The first-order chi connectivity index (χ1) is 13.0. The van der Waals surface area contributed by atoms with E-state index in [0.29, 0.717) is 16.3 Å². The average Bonchev–Trinajstić information content (AvgIpc) is 2.69. The number of nitrogens with zero attached hydrogens (tertiary/aromatic N) is 1. The molecule has 1 heterocycles. The normalized spacial score (nSPS) is 11.5. The number of ketones is 1. The Morgan fingerprint density at radius 2 is 1.67 bits per heavy atom. The number of halogens is 1. The zero-order valence-corrected chi connectivity index (χ0v) is 15.2. The number of rotatable bonds is 6. The van der Waals surface area contributed by atoms with Crippen molar-refractivity contribution in [1.82, 2.24) is 4.98 Å². The number of carbonyl (C=O) groups excluding carboxylic acids is 2. The molecule has 0 N–H and O–H groups in total. The molecule has 0 aliphatic heterocycles. The maximum atomic E-state index is 12.5. The minimum absolute atomic E-state index is 0.111. The summed E-state index contributed by atoms with van der Waals surface area (Å²) in [5.74, 6) is -0.367. The minimum Gasteiger partial charge on any atom is -0.451 e. The lowest BCUT2D eigenvalue weighted by Crippen LogP contribution is -2.24. The number of aromatic nitrogens is 1. The van der Waals surface area contributed by atoms with Gasteiger partial charge in [-0.1, -0.05) is 29.8 Å². The van der Waals surface area contributed by atoms with Crippen LogP contribution < -0.4 is 4.74 Å². The van der Waals surface area contributed by atoms with E-state index >= 15 is 0 Å². The summed E-state index contributed by atoms with van der Waals surface area (Å²) < 4.78 is 11.0. The average molecular weight is 382 g/mol. The quantitative estimate of drug-likeness (QED) is 0.446. The number of hydrogen-bond donors (Lipinski definition) is 0. The molecule has 0 fully saturated rings. The summed E-state index contributed by atoms with van der Waals surface area (Å²) in [6.07, 6.45) is 0.542. The highest BCUT2D eigenvalue weighted by molar-refractivity contribution is 6.30. The topological polar surface area (TPSA) is 65.5 Å². The second kappa shape index (κ2) is 8.47. The SMILES string of the molecule is CC(OC(=O)c1cccnc1Oc1ccccc1)C(=O)c1ccc(Cl)cc1. The Morgan fingerprint density at radius 3 is 2.37 bits per heavy atom. The lowest BCUT2D eigenvalue weighted by Gasteiger charge is -2.14. The van der Waals surface area contributed by atoms with Crippen LogP contribution >= 0.6 is 11.6 Å². The Morgan fingerprint density at radius 1 is 0.963 bits per heavy atom. The van der Waals surface area contributed by atoms with E-state index in [9.17, 15) is 9.59 Å². The zero-order chi connectivity index (χ0) is 19.2. The van der Waals surface area contributed by atoms with Crippen LogP contribution in [-0.2, 0) is 4.74 Å². The second-order valence-electron chi connectivity index (χ2n) is 5.69. The first kappa shape index (κ1) is 18.6. The number of esters is 1. The van der Waals surface area contributed by atoms with E-state index in [1.165, 1.54) is 19.2 Å². The van der Waals surface area contributed by atoms with Crippen LogP contribution in [0, 0.1) is 0 Å². The van der Waals surface area contributed by atoms with Gasteiger partial charge < -0.3 is 9.47 Å². The molecule has 0 spiro atoms. The zero-order valence-electron chi connectivity index (χ0n) is 14.5. The van der Waals surface area contributed by atoms with E-state index in [1.54, 1.807) is 42.5 Å². The van der Waals surface area contributed by atoms with Crippen molar-refractivity contribution in [3.8, 4) is 11.6 Å². The minimum atomic E-state index is -0.969. The molecule has 1 atom stereocenters. The Hall–Kier alpha value is -3.18. The summed E-state index contributed by atoms with van der Waals surface area (Å²) in [4.78, 5) is 29.1. The molecule has 0 amide bonds. The molecule has 136 valence electrons. The van der Waals surface area contributed by atoms with E-state index in [2.05, 4.69) is 4.98 Å². The van der Waals surface area contributed by atoms with Crippen molar-refractivity contribution >= 4 is 23.4 Å². The van der Waals surface area contributed by atoms with E-state index in [0.717, 1.165) is 0 Å². The number of carbonyl (C=O) groups is 2. The molecule has 5 nitrogen and oxygen atoms in total. The van der Waals surface area contributed by atoms with E-state index < -0.39 is 12.1 Å². The molecule has 0 saturated heterocycles. The van der Waals surface area contributed by atoms with E-state index in [1.807, 2.05) is 18.2 Å². The predicted octanol–water partition coefficient (Wildman–Crippen LogP) is 4.96. The largest absolute Gasteiger partial charge is 0.451 e. The van der Waals surface area contributed by atoms with Crippen LogP contribution in [0.15, 0.2) is 72.9 Å². The van der Waals surface area contributed by atoms with Gasteiger partial charge in [-0.25, -0.2) is 9.78 Å². The molecule has 1 aromatic heterocycles. The second-order valence-corrected chi connectivity index (χ2v) is 6.13. The van der Waals surface area contributed by atoms with Crippen molar-refractivity contribution in [2.75, 3.05) is 0 Å². The molecular formula is C21H16ClNO4. The van der Waals surface area contributed by atoms with E-state index in [-0.39, 0.29) is 17.2 Å². The fourth-order valence-electron chi connectivity index (χ4n) is 2.35. The van der Waals surface area contributed by atoms with Gasteiger partial charge in [-0.3, -0.25) is 4.79 Å². The van der Waals surface area contributed by atoms with Crippen molar-refractivity contribution < 1.29 is 19.1 Å². The smallest absolute Gasteiger partial charge is 0.344 e. The molecule has 0 aliphatic rings. The molecular weight excluding hydrogens is 366 g/mol. The summed E-state index contributed by atoms with van der Waals surface area (Å²) in [6.45, 7) is 1.52. The molecule has 0 aliphatic carbocycles. The fraction of sp³-hybridized carbons (Fsp3) is 0.0952. The van der Waals surface area contributed by atoms with Gasteiger partial charge in [-0.15, -0.1) is 0 Å². The Kier molecular flexibility index (Phi) is 5.84. The first-order valence-corrected chi connectivity index (χ1v) is 8.61. The maximum absolute atomic E-state index is 12.5. The summed E-state index contributed by atoms with van der Waals surface area (Å²) in [7, 11) is 0. The number of benzene rings is 2. The van der Waals surface area contributed by atoms with Crippen LogP contribution in [0.5, 0.6) is 11.6 Å². The summed E-state index contributed by atoms with van der Waals surface area (Å²) in [5, 5.41) is 0.522. The van der Waals surface area contributed by atoms with Gasteiger partial charge in [0.2, 0.25) is 11.7 Å². The van der Waals surface area contributed by atoms with Crippen molar-refractivity contribution in [1.29, 1.82) is 0 Å². The number of hydrogen-bond acceptors (Lipinski definition) is 5. The monoisotopic (exact) mass is 381 g/mol. The third-order valence-electron chi connectivity index (χ3n) is 3.73. The van der Waals surface area contributed by atoms with Crippen LogP contribution in [0.25, 0.3) is 0 Å². The fourth-order valence-corrected chi connectivity index (χ4v) is 2.48. The Balaban J connectivity index is 1.74. The van der Waals surface area contributed by atoms with Gasteiger partial charge in [0.25, 0.3) is 0 Å². The highest BCUT2D eigenvalue weighted by Gasteiger charge is 2.23. The molecule has 0 bridgehead atoms. The Bertz CT molecular complexity index is 942. The molecule has 3 aromatic rings. The van der Waals surface area contributed by atoms with Gasteiger partial charge in [-0.05, 0) is 55.5 Å². The van der Waals surface area contributed by atoms with Gasteiger partial charge in [0, 0.05) is 16.8 Å².